The van der Waals surface area contributed by atoms with Gasteiger partial charge in [0.2, 0.25) is 0 Å². The van der Waals surface area contributed by atoms with E-state index in [-0.39, 0.29) is 12.3 Å². The standard InChI is InChI=1S/C12H10O.2H3N/c1-3-7-11(8-4-1)13-12-9-5-2-6-10-12;;/h1-10H;2*1H3. The van der Waals surface area contributed by atoms with E-state index in [0.717, 1.165) is 11.5 Å². The number of rotatable bonds is 2. The minimum atomic E-state index is 0. The van der Waals surface area contributed by atoms with Gasteiger partial charge in [0.05, 0.1) is 0 Å². The highest BCUT2D eigenvalue weighted by molar-refractivity contribution is 5.30. The van der Waals surface area contributed by atoms with Gasteiger partial charge in [0.25, 0.3) is 0 Å². The minimum Gasteiger partial charge on any atom is -0.457 e. The topological polar surface area (TPSA) is 79.2 Å². The first-order chi connectivity index (χ1) is 6.45. The second-order valence-electron chi connectivity index (χ2n) is 2.73. The van der Waals surface area contributed by atoms with E-state index in [1.807, 2.05) is 60.7 Å². The number of hydrogen-bond acceptors (Lipinski definition) is 3. The van der Waals surface area contributed by atoms with E-state index >= 15 is 0 Å². The quantitative estimate of drug-likeness (QED) is 0.780. The van der Waals surface area contributed by atoms with Crippen molar-refractivity contribution in [2.24, 2.45) is 0 Å². The number of benzene rings is 2. The van der Waals surface area contributed by atoms with Gasteiger partial charge < -0.3 is 17.0 Å². The normalized spacial score (nSPS) is 8.27. The van der Waals surface area contributed by atoms with Gasteiger partial charge in [-0.3, -0.25) is 0 Å². The van der Waals surface area contributed by atoms with Gasteiger partial charge in [-0.05, 0) is 24.3 Å². The molecule has 0 fully saturated rings. The highest BCUT2D eigenvalue weighted by Crippen LogP contribution is 2.19. The fraction of sp³-hybridized carbons (Fsp3) is 0. The molecule has 0 aliphatic rings. The molecule has 2 aromatic carbocycles. The molecule has 0 saturated heterocycles. The third-order valence-corrected chi connectivity index (χ3v) is 1.72. The molecule has 6 N–H and O–H groups in total. The predicted octanol–water partition coefficient (Wildman–Crippen LogP) is 3.80. The van der Waals surface area contributed by atoms with Crippen LogP contribution in [0.2, 0.25) is 0 Å². The van der Waals surface area contributed by atoms with Gasteiger partial charge in [0, 0.05) is 0 Å². The molecule has 0 bridgehead atoms. The zero-order chi connectivity index (χ0) is 8.93. The van der Waals surface area contributed by atoms with Crippen LogP contribution < -0.4 is 17.0 Å². The number of para-hydroxylation sites is 2. The molecule has 0 spiro atoms. The maximum absolute atomic E-state index is 5.58. The average molecular weight is 204 g/mol. The number of hydrogen-bond donors (Lipinski definition) is 2. The molecular weight excluding hydrogens is 188 g/mol. The van der Waals surface area contributed by atoms with E-state index < -0.39 is 0 Å². The van der Waals surface area contributed by atoms with E-state index in [1.165, 1.54) is 0 Å². The molecule has 0 unspecified atom stereocenters. The van der Waals surface area contributed by atoms with Crippen LogP contribution in [0.1, 0.15) is 0 Å². The van der Waals surface area contributed by atoms with Crippen LogP contribution in [0.15, 0.2) is 60.7 Å². The molecule has 0 atom stereocenters. The Balaban J connectivity index is 0.000000980. The Morgan fingerprint density at radius 1 is 0.533 bits per heavy atom. The third kappa shape index (κ3) is 3.81. The lowest BCUT2D eigenvalue weighted by Crippen LogP contribution is -1.81. The summed E-state index contributed by atoms with van der Waals surface area (Å²) in [5.41, 5.74) is 0. The van der Waals surface area contributed by atoms with Crippen molar-refractivity contribution in [3.63, 3.8) is 0 Å². The molecule has 0 aliphatic heterocycles. The van der Waals surface area contributed by atoms with Crippen LogP contribution >= 0.6 is 0 Å². The molecule has 0 aromatic heterocycles. The lowest BCUT2D eigenvalue weighted by molar-refractivity contribution is 0.482. The fourth-order valence-corrected chi connectivity index (χ4v) is 1.11. The Bertz CT molecular complexity index is 324. The SMILES string of the molecule is N.N.c1ccc(Oc2ccccc2)cc1. The first-order valence-corrected chi connectivity index (χ1v) is 4.23. The van der Waals surface area contributed by atoms with Crippen molar-refractivity contribution in [1.82, 2.24) is 12.3 Å². The molecule has 0 heterocycles. The van der Waals surface area contributed by atoms with E-state index in [0.29, 0.717) is 0 Å². The lowest BCUT2D eigenvalue weighted by Gasteiger charge is -2.03. The summed E-state index contributed by atoms with van der Waals surface area (Å²) in [5.74, 6) is 1.74. The van der Waals surface area contributed by atoms with Crippen molar-refractivity contribution in [1.29, 1.82) is 0 Å². The summed E-state index contributed by atoms with van der Waals surface area (Å²) in [4.78, 5) is 0. The van der Waals surface area contributed by atoms with Crippen molar-refractivity contribution < 1.29 is 4.74 Å². The molecule has 0 saturated carbocycles. The van der Waals surface area contributed by atoms with E-state index in [2.05, 4.69) is 0 Å². The predicted molar refractivity (Wildman–Crippen MR) is 63.0 cm³/mol. The second kappa shape index (κ2) is 6.59. The maximum atomic E-state index is 5.58. The largest absolute Gasteiger partial charge is 0.457 e. The van der Waals surface area contributed by atoms with Crippen molar-refractivity contribution in [3.8, 4) is 11.5 Å². The molecule has 0 radical (unpaired) electrons. The van der Waals surface area contributed by atoms with E-state index in [4.69, 9.17) is 4.74 Å². The fourth-order valence-electron chi connectivity index (χ4n) is 1.11. The van der Waals surface area contributed by atoms with E-state index in [9.17, 15) is 0 Å². The minimum absolute atomic E-state index is 0. The first-order valence-electron chi connectivity index (χ1n) is 4.23. The molecule has 0 aliphatic carbocycles. The Kier molecular flexibility index (Phi) is 5.78. The Morgan fingerprint density at radius 3 is 1.20 bits per heavy atom. The monoisotopic (exact) mass is 204 g/mol. The van der Waals surface area contributed by atoms with Crippen LogP contribution in [-0.4, -0.2) is 0 Å². The Hall–Kier alpha value is -1.84. The summed E-state index contributed by atoms with van der Waals surface area (Å²) >= 11 is 0. The van der Waals surface area contributed by atoms with Crippen molar-refractivity contribution in [2.75, 3.05) is 0 Å². The third-order valence-electron chi connectivity index (χ3n) is 1.72. The summed E-state index contributed by atoms with van der Waals surface area (Å²) in [7, 11) is 0. The molecule has 0 amide bonds. The lowest BCUT2D eigenvalue weighted by atomic mass is 10.3. The first kappa shape index (κ1) is 13.2. The van der Waals surface area contributed by atoms with Crippen LogP contribution in [0.3, 0.4) is 0 Å². The Morgan fingerprint density at radius 2 is 0.867 bits per heavy atom. The van der Waals surface area contributed by atoms with Gasteiger partial charge in [-0.15, -0.1) is 0 Å². The van der Waals surface area contributed by atoms with Crippen LogP contribution in [0.4, 0.5) is 0 Å². The van der Waals surface area contributed by atoms with Gasteiger partial charge in [-0.1, -0.05) is 36.4 Å². The van der Waals surface area contributed by atoms with Gasteiger partial charge in [0.1, 0.15) is 11.5 Å². The van der Waals surface area contributed by atoms with Gasteiger partial charge in [0.15, 0.2) is 0 Å². The van der Waals surface area contributed by atoms with Crippen molar-refractivity contribution in [2.45, 2.75) is 0 Å². The van der Waals surface area contributed by atoms with Crippen LogP contribution in [-0.2, 0) is 0 Å². The van der Waals surface area contributed by atoms with Gasteiger partial charge >= 0.3 is 0 Å². The summed E-state index contributed by atoms with van der Waals surface area (Å²) < 4.78 is 5.58. The molecule has 3 nitrogen and oxygen atoms in total. The van der Waals surface area contributed by atoms with Crippen LogP contribution in [0.5, 0.6) is 11.5 Å². The summed E-state index contributed by atoms with van der Waals surface area (Å²) in [6.45, 7) is 0. The molecule has 15 heavy (non-hydrogen) atoms. The highest BCUT2D eigenvalue weighted by atomic mass is 16.5. The molecule has 80 valence electrons. The molecule has 2 aromatic rings. The summed E-state index contributed by atoms with van der Waals surface area (Å²) in [6.07, 6.45) is 0. The van der Waals surface area contributed by atoms with Crippen LogP contribution in [0, 0.1) is 0 Å². The maximum Gasteiger partial charge on any atom is 0.127 e. The highest BCUT2D eigenvalue weighted by Gasteiger charge is 1.92. The molecule has 2 rings (SSSR count). The zero-order valence-corrected chi connectivity index (χ0v) is 8.60. The smallest absolute Gasteiger partial charge is 0.127 e. The molecular formula is C12H16N2O. The van der Waals surface area contributed by atoms with Gasteiger partial charge in [-0.2, -0.15) is 0 Å². The van der Waals surface area contributed by atoms with Crippen molar-refractivity contribution in [3.05, 3.63) is 60.7 Å². The van der Waals surface area contributed by atoms with Crippen molar-refractivity contribution >= 4 is 0 Å². The second-order valence-corrected chi connectivity index (χ2v) is 2.73. The van der Waals surface area contributed by atoms with E-state index in [1.54, 1.807) is 0 Å². The zero-order valence-electron chi connectivity index (χ0n) is 8.60. The van der Waals surface area contributed by atoms with Crippen LogP contribution in [0.25, 0.3) is 0 Å². The summed E-state index contributed by atoms with van der Waals surface area (Å²) in [6, 6.07) is 19.5. The Labute approximate surface area is 89.9 Å². The summed E-state index contributed by atoms with van der Waals surface area (Å²) in [5, 5.41) is 0. The number of ether oxygens (including phenoxy) is 1. The molecule has 3 heteroatoms. The average Bonchev–Trinajstić information content (AvgIpc) is 2.21. The van der Waals surface area contributed by atoms with Gasteiger partial charge in [-0.25, -0.2) is 0 Å².